The van der Waals surface area contributed by atoms with Gasteiger partial charge < -0.3 is 10.2 Å². The number of nitro groups is 2. The highest BCUT2D eigenvalue weighted by Gasteiger charge is 2.29. The van der Waals surface area contributed by atoms with Crippen molar-refractivity contribution in [2.24, 2.45) is 0 Å². The maximum atomic E-state index is 13.6. The van der Waals surface area contributed by atoms with Gasteiger partial charge in [-0.15, -0.1) is 0 Å². The van der Waals surface area contributed by atoms with Crippen LogP contribution in [0.15, 0.2) is 103 Å². The standard InChI is InChI=1S/C31H27N5O6/c37-30(24-19-25(35(39)40)21-26(20-24)36(41)42)32-28-14-8-7-13-27(28)31(38)34-17-15-33(16-18-34)29(22-9-3-1-4-10-22)23-11-5-2-6-12-23/h1-14,19-21,29H,15-18H2,(H,32,37). The first-order valence-electron chi connectivity index (χ1n) is 13.3. The van der Waals surface area contributed by atoms with Gasteiger partial charge in [0.25, 0.3) is 23.2 Å². The zero-order valence-electron chi connectivity index (χ0n) is 22.5. The Morgan fingerprint density at radius 3 is 1.71 bits per heavy atom. The number of hydrogen-bond donors (Lipinski definition) is 1. The van der Waals surface area contributed by atoms with Crippen LogP contribution < -0.4 is 5.32 Å². The van der Waals surface area contributed by atoms with E-state index in [1.807, 2.05) is 36.4 Å². The Hall–Kier alpha value is -5.42. The zero-order chi connectivity index (χ0) is 29.6. The molecule has 0 bridgehead atoms. The lowest BCUT2D eigenvalue weighted by molar-refractivity contribution is -0.394. The molecule has 1 N–H and O–H groups in total. The van der Waals surface area contributed by atoms with E-state index in [2.05, 4.69) is 34.5 Å². The minimum Gasteiger partial charge on any atom is -0.336 e. The average Bonchev–Trinajstić information content (AvgIpc) is 3.02. The van der Waals surface area contributed by atoms with Crippen LogP contribution in [-0.4, -0.2) is 57.6 Å². The van der Waals surface area contributed by atoms with Crippen molar-refractivity contribution >= 4 is 28.9 Å². The van der Waals surface area contributed by atoms with Crippen LogP contribution in [0.3, 0.4) is 0 Å². The van der Waals surface area contributed by atoms with Crippen LogP contribution in [0, 0.1) is 20.2 Å². The molecule has 4 aromatic carbocycles. The molecule has 5 rings (SSSR count). The highest BCUT2D eigenvalue weighted by Crippen LogP contribution is 2.30. The molecule has 42 heavy (non-hydrogen) atoms. The second kappa shape index (κ2) is 12.4. The average molecular weight is 566 g/mol. The van der Waals surface area contributed by atoms with Crippen LogP contribution >= 0.6 is 0 Å². The number of amides is 2. The Morgan fingerprint density at radius 1 is 0.690 bits per heavy atom. The molecule has 1 aliphatic heterocycles. The van der Waals surface area contributed by atoms with Crippen LogP contribution in [0.2, 0.25) is 0 Å². The van der Waals surface area contributed by atoms with E-state index in [0.29, 0.717) is 26.2 Å². The Labute approximate surface area is 241 Å². The number of benzene rings is 4. The first-order valence-corrected chi connectivity index (χ1v) is 13.3. The number of anilines is 1. The quantitative estimate of drug-likeness (QED) is 0.226. The van der Waals surface area contributed by atoms with E-state index in [1.54, 1.807) is 29.2 Å². The molecule has 0 atom stereocenters. The third-order valence-corrected chi connectivity index (χ3v) is 7.19. The van der Waals surface area contributed by atoms with Gasteiger partial charge in [-0.05, 0) is 23.3 Å². The highest BCUT2D eigenvalue weighted by molar-refractivity contribution is 6.09. The molecule has 1 fully saturated rings. The molecule has 1 heterocycles. The number of nitrogens with one attached hydrogen (secondary N) is 1. The van der Waals surface area contributed by atoms with Crippen molar-refractivity contribution < 1.29 is 19.4 Å². The second-order valence-corrected chi connectivity index (χ2v) is 9.80. The Balaban J connectivity index is 1.32. The molecule has 0 aliphatic carbocycles. The fourth-order valence-corrected chi connectivity index (χ4v) is 5.15. The molecule has 11 nitrogen and oxygen atoms in total. The van der Waals surface area contributed by atoms with E-state index in [4.69, 9.17) is 0 Å². The smallest absolute Gasteiger partial charge is 0.277 e. The Bertz CT molecular complexity index is 1550. The topological polar surface area (TPSA) is 139 Å². The third kappa shape index (κ3) is 6.16. The maximum Gasteiger partial charge on any atom is 0.277 e. The normalized spacial score (nSPS) is 13.5. The molecule has 212 valence electrons. The molecule has 0 unspecified atom stereocenters. The molecule has 0 aromatic heterocycles. The predicted octanol–water partition coefficient (Wildman–Crippen LogP) is 5.30. The molecular formula is C31H27N5O6. The van der Waals surface area contributed by atoms with Crippen LogP contribution in [0.1, 0.15) is 37.9 Å². The summed E-state index contributed by atoms with van der Waals surface area (Å²) in [5.74, 6) is -1.08. The van der Waals surface area contributed by atoms with Gasteiger partial charge >= 0.3 is 0 Å². The van der Waals surface area contributed by atoms with E-state index in [1.165, 1.54) is 0 Å². The second-order valence-electron chi connectivity index (χ2n) is 9.80. The number of nitro benzene ring substituents is 2. The number of piperazine rings is 1. The summed E-state index contributed by atoms with van der Waals surface area (Å²) in [6.07, 6.45) is 0. The first kappa shape index (κ1) is 28.1. The van der Waals surface area contributed by atoms with Gasteiger partial charge in [0, 0.05) is 38.3 Å². The number of hydrogen-bond acceptors (Lipinski definition) is 7. The summed E-state index contributed by atoms with van der Waals surface area (Å²) in [4.78, 5) is 51.6. The lowest BCUT2D eigenvalue weighted by atomic mass is 9.96. The van der Waals surface area contributed by atoms with Crippen LogP contribution in [-0.2, 0) is 0 Å². The monoisotopic (exact) mass is 565 g/mol. The molecule has 0 saturated carbocycles. The van der Waals surface area contributed by atoms with Gasteiger partial charge in [0.15, 0.2) is 0 Å². The van der Waals surface area contributed by atoms with Gasteiger partial charge in [-0.25, -0.2) is 0 Å². The van der Waals surface area contributed by atoms with E-state index in [-0.39, 0.29) is 28.8 Å². The van der Waals surface area contributed by atoms with Crippen LogP contribution in [0.5, 0.6) is 0 Å². The highest BCUT2D eigenvalue weighted by atomic mass is 16.6. The zero-order valence-corrected chi connectivity index (χ0v) is 22.5. The lowest BCUT2D eigenvalue weighted by Gasteiger charge is -2.40. The summed E-state index contributed by atoms with van der Waals surface area (Å²) in [6.45, 7) is 2.20. The van der Waals surface area contributed by atoms with Gasteiger partial charge in [-0.1, -0.05) is 72.8 Å². The van der Waals surface area contributed by atoms with Crippen molar-refractivity contribution in [3.8, 4) is 0 Å². The fourth-order valence-electron chi connectivity index (χ4n) is 5.15. The Morgan fingerprint density at radius 2 is 1.19 bits per heavy atom. The van der Waals surface area contributed by atoms with Gasteiger partial charge in [0.1, 0.15) is 0 Å². The molecule has 1 saturated heterocycles. The van der Waals surface area contributed by atoms with Gasteiger partial charge in [0.05, 0.1) is 38.8 Å². The Kier molecular flexibility index (Phi) is 8.30. The molecule has 0 spiro atoms. The van der Waals surface area contributed by atoms with Gasteiger partial charge in [-0.3, -0.25) is 34.7 Å². The molecule has 1 aliphatic rings. The number of carbonyl (C=O) groups is 2. The van der Waals surface area contributed by atoms with Crippen molar-refractivity contribution in [2.75, 3.05) is 31.5 Å². The number of carbonyl (C=O) groups excluding carboxylic acids is 2. The number of rotatable bonds is 8. The van der Waals surface area contributed by atoms with Gasteiger partial charge in [-0.2, -0.15) is 0 Å². The third-order valence-electron chi connectivity index (χ3n) is 7.19. The van der Waals surface area contributed by atoms with E-state index >= 15 is 0 Å². The summed E-state index contributed by atoms with van der Waals surface area (Å²) in [7, 11) is 0. The SMILES string of the molecule is O=C(Nc1ccccc1C(=O)N1CCN(C(c2ccccc2)c2ccccc2)CC1)c1cc([N+](=O)[O-])cc([N+](=O)[O-])c1. The van der Waals surface area contributed by atoms with Gasteiger partial charge in [0.2, 0.25) is 0 Å². The summed E-state index contributed by atoms with van der Waals surface area (Å²) in [5, 5.41) is 25.1. The van der Waals surface area contributed by atoms with Crippen molar-refractivity contribution in [1.29, 1.82) is 0 Å². The first-order chi connectivity index (χ1) is 20.3. The van der Waals surface area contributed by atoms with Crippen molar-refractivity contribution in [2.45, 2.75) is 6.04 Å². The molecule has 11 heteroatoms. The molecule has 4 aromatic rings. The largest absolute Gasteiger partial charge is 0.336 e. The molecule has 2 amide bonds. The van der Waals surface area contributed by atoms with Crippen molar-refractivity contribution in [3.63, 3.8) is 0 Å². The number of para-hydroxylation sites is 1. The van der Waals surface area contributed by atoms with Crippen LogP contribution in [0.4, 0.5) is 17.1 Å². The summed E-state index contributed by atoms with van der Waals surface area (Å²) < 4.78 is 0. The van der Waals surface area contributed by atoms with E-state index < -0.39 is 27.1 Å². The van der Waals surface area contributed by atoms with E-state index in [0.717, 1.165) is 29.3 Å². The lowest BCUT2D eigenvalue weighted by Crippen LogP contribution is -2.50. The number of nitrogens with zero attached hydrogens (tertiary/aromatic N) is 4. The minimum atomic E-state index is -0.805. The summed E-state index contributed by atoms with van der Waals surface area (Å²) >= 11 is 0. The van der Waals surface area contributed by atoms with Crippen molar-refractivity contribution in [1.82, 2.24) is 9.80 Å². The molecular weight excluding hydrogens is 538 g/mol. The summed E-state index contributed by atoms with van der Waals surface area (Å²) in [5.41, 5.74) is 1.36. The van der Waals surface area contributed by atoms with Crippen molar-refractivity contribution in [3.05, 3.63) is 146 Å². The predicted molar refractivity (Wildman–Crippen MR) is 156 cm³/mol. The van der Waals surface area contributed by atoms with Crippen LogP contribution in [0.25, 0.3) is 0 Å². The maximum absolute atomic E-state index is 13.6. The molecule has 0 radical (unpaired) electrons. The van der Waals surface area contributed by atoms with E-state index in [9.17, 15) is 29.8 Å². The minimum absolute atomic E-state index is 0.0372. The fraction of sp³-hybridized carbons (Fsp3) is 0.161. The summed E-state index contributed by atoms with van der Waals surface area (Å²) in [6, 6.07) is 29.6. The number of non-ortho nitro benzene ring substituents is 2.